The maximum absolute atomic E-state index is 15.3. The maximum Gasteiger partial charge on any atom is 0.258 e. The van der Waals surface area contributed by atoms with Gasteiger partial charge in [-0.3, -0.25) is 29.9 Å². The van der Waals surface area contributed by atoms with E-state index in [9.17, 15) is 14.4 Å². The molecule has 1 saturated carbocycles. The summed E-state index contributed by atoms with van der Waals surface area (Å²) in [5.41, 5.74) is 5.43. The molecule has 62 heavy (non-hydrogen) atoms. The number of carbonyl (C=O) groups is 3. The van der Waals surface area contributed by atoms with Gasteiger partial charge in [0.25, 0.3) is 5.91 Å². The van der Waals surface area contributed by atoms with E-state index >= 15 is 8.78 Å². The lowest BCUT2D eigenvalue weighted by atomic mass is 9.89. The third-order valence-corrected chi connectivity index (χ3v) is 13.9. The predicted octanol–water partition coefficient (Wildman–Crippen LogP) is 6.44. The van der Waals surface area contributed by atoms with Crippen molar-refractivity contribution in [2.75, 3.05) is 61.0 Å². The summed E-state index contributed by atoms with van der Waals surface area (Å²) in [5.74, 6) is -2.08. The number of nitrogens with one attached hydrogen (secondary N) is 2. The number of pyridine rings is 1. The van der Waals surface area contributed by atoms with Gasteiger partial charge < -0.3 is 19.1 Å². The lowest BCUT2D eigenvalue weighted by molar-refractivity contribution is -0.134. The monoisotopic (exact) mass is 866 g/mol. The lowest BCUT2D eigenvalue weighted by Gasteiger charge is -2.44. The summed E-state index contributed by atoms with van der Waals surface area (Å²) in [7, 11) is 1.85. The molecule has 3 amide bonds. The Labute approximate surface area is 362 Å². The third kappa shape index (κ3) is 7.65. The number of nitrogens with zero attached hydrogens (tertiary/aromatic N) is 8. The first-order valence-corrected chi connectivity index (χ1v) is 22.1. The highest BCUT2D eigenvalue weighted by Gasteiger charge is 2.35. The molecule has 0 spiro atoms. The van der Waals surface area contributed by atoms with Gasteiger partial charge in [-0.15, -0.1) is 0 Å². The summed E-state index contributed by atoms with van der Waals surface area (Å²) in [6.45, 7) is 7.94. The molecule has 0 unspecified atom stereocenters. The van der Waals surface area contributed by atoms with Crippen LogP contribution in [0, 0.1) is 30.4 Å². The Balaban J connectivity index is 0.830. The van der Waals surface area contributed by atoms with Crippen molar-refractivity contribution >= 4 is 57.7 Å². The first-order chi connectivity index (χ1) is 29.9. The summed E-state index contributed by atoms with van der Waals surface area (Å²) in [5, 5.41) is 10.1. The molecule has 7 heterocycles. The Morgan fingerprint density at radius 3 is 2.32 bits per heavy atom. The van der Waals surface area contributed by atoms with Gasteiger partial charge in [0.2, 0.25) is 23.6 Å². The van der Waals surface area contributed by atoms with Crippen LogP contribution >= 0.6 is 11.6 Å². The molecule has 324 valence electrons. The lowest BCUT2D eigenvalue weighted by Crippen LogP contribution is -2.53. The van der Waals surface area contributed by atoms with Gasteiger partial charge in [0.1, 0.15) is 16.8 Å². The predicted molar refractivity (Wildman–Crippen MR) is 231 cm³/mol. The molecule has 10 rings (SSSR count). The number of aromatic nitrogens is 5. The Kier molecular flexibility index (Phi) is 10.6. The van der Waals surface area contributed by atoms with Gasteiger partial charge in [0, 0.05) is 87.8 Å². The molecule has 4 aliphatic heterocycles. The number of benzene rings is 2. The molecule has 2 aromatic carbocycles. The van der Waals surface area contributed by atoms with Gasteiger partial charge in [-0.25, -0.2) is 23.4 Å². The van der Waals surface area contributed by atoms with Crippen LogP contribution in [0.4, 0.5) is 26.1 Å². The fraction of sp³-hybridized carbons (Fsp3) is 0.467. The first-order valence-electron chi connectivity index (χ1n) is 21.7. The molecule has 5 aliphatic rings. The second kappa shape index (κ2) is 16.3. The number of hydrogen-bond donors (Lipinski definition) is 2. The van der Waals surface area contributed by atoms with Crippen molar-refractivity contribution in [2.24, 2.45) is 18.9 Å². The molecule has 3 atom stereocenters. The Bertz CT molecular complexity index is 2580. The Hall–Kier alpha value is -5.61. The van der Waals surface area contributed by atoms with Crippen LogP contribution in [-0.4, -0.2) is 98.9 Å². The van der Waals surface area contributed by atoms with Crippen LogP contribution in [0.1, 0.15) is 72.5 Å². The zero-order valence-corrected chi connectivity index (χ0v) is 35.6. The maximum atomic E-state index is 15.3. The van der Waals surface area contributed by atoms with E-state index in [2.05, 4.69) is 47.2 Å². The van der Waals surface area contributed by atoms with Crippen molar-refractivity contribution in [1.29, 1.82) is 0 Å². The number of halogens is 3. The van der Waals surface area contributed by atoms with Crippen molar-refractivity contribution in [3.8, 4) is 17.1 Å². The van der Waals surface area contributed by atoms with Crippen LogP contribution < -0.4 is 25.2 Å². The molecule has 5 aromatic rings. The van der Waals surface area contributed by atoms with Crippen molar-refractivity contribution in [1.82, 2.24) is 34.5 Å². The minimum atomic E-state index is -1.01. The van der Waals surface area contributed by atoms with Crippen LogP contribution in [0.15, 0.2) is 42.5 Å². The van der Waals surface area contributed by atoms with Gasteiger partial charge in [0.15, 0.2) is 0 Å². The van der Waals surface area contributed by atoms with Crippen LogP contribution in [0.5, 0.6) is 5.88 Å². The minimum Gasteiger partial charge on any atom is -0.477 e. The number of hydrogen-bond acceptors (Lipinski definition) is 10. The molecule has 2 N–H and O–H groups in total. The van der Waals surface area contributed by atoms with Crippen LogP contribution in [0.2, 0.25) is 5.15 Å². The van der Waals surface area contributed by atoms with Crippen molar-refractivity contribution in [2.45, 2.75) is 70.4 Å². The molecule has 4 fully saturated rings. The van der Waals surface area contributed by atoms with Gasteiger partial charge in [-0.1, -0.05) is 11.6 Å². The standard InChI is InChI=1S/C45H49ClF2N10O4/c1-25-40-36-18-28(19-38(46)49-36)42(60)52-45-50-35-7-5-30(22-37(35)58(45)23-26-3-4-27(17-26)24-62-44(40)54(2)53-25)57-15-13-56(14-16-57)29-9-11-55(12-10-29)31-20-33(47)41(34(48)21-31)32-6-8-39(59)51-43(32)61/h5,7,18-22,26-27,29,32H,3-4,6,8-17,23-24H2,1-2H3,(H,50,52,60)(H,51,59,61)/t26-,27+,32-/m1/s1. The Morgan fingerprint density at radius 2 is 1.56 bits per heavy atom. The summed E-state index contributed by atoms with van der Waals surface area (Å²) in [6, 6.07) is 12.6. The zero-order valence-electron chi connectivity index (χ0n) is 34.8. The number of imide groups is 1. The summed E-state index contributed by atoms with van der Waals surface area (Å²) < 4.78 is 41.0. The van der Waals surface area contributed by atoms with E-state index in [-0.39, 0.29) is 29.5 Å². The third-order valence-electron chi connectivity index (χ3n) is 13.7. The Morgan fingerprint density at radius 1 is 0.823 bits per heavy atom. The van der Waals surface area contributed by atoms with Gasteiger partial charge in [0.05, 0.1) is 40.5 Å². The molecular weight excluding hydrogens is 818 g/mol. The highest BCUT2D eigenvalue weighted by atomic mass is 35.5. The number of amides is 3. The zero-order chi connectivity index (χ0) is 42.8. The first kappa shape index (κ1) is 40.5. The molecule has 3 aromatic heterocycles. The topological polar surface area (TPSA) is 143 Å². The largest absolute Gasteiger partial charge is 0.477 e. The van der Waals surface area contributed by atoms with E-state index in [4.69, 9.17) is 21.3 Å². The fourth-order valence-electron chi connectivity index (χ4n) is 10.5. The normalized spacial score (nSPS) is 22.7. The summed E-state index contributed by atoms with van der Waals surface area (Å²) in [6.07, 6.45) is 4.94. The van der Waals surface area contributed by atoms with E-state index < -0.39 is 29.4 Å². The fourth-order valence-corrected chi connectivity index (χ4v) is 10.7. The molecule has 0 radical (unpaired) electrons. The average molecular weight is 867 g/mol. The number of imidazole rings is 1. The van der Waals surface area contributed by atoms with Crippen LogP contribution in [0.25, 0.3) is 22.3 Å². The molecule has 17 heteroatoms. The van der Waals surface area contributed by atoms with E-state index in [0.29, 0.717) is 72.9 Å². The number of rotatable bonds is 4. The molecular formula is C45H49ClF2N10O4. The van der Waals surface area contributed by atoms with Gasteiger partial charge in [-0.2, -0.15) is 5.10 Å². The average Bonchev–Trinajstić information content (AvgIpc) is 3.93. The van der Waals surface area contributed by atoms with E-state index in [1.165, 1.54) is 12.1 Å². The second-order valence-corrected chi connectivity index (χ2v) is 17.9. The molecule has 4 bridgehead atoms. The number of ether oxygens (including phenoxy) is 1. The minimum absolute atomic E-state index is 0.0551. The van der Waals surface area contributed by atoms with Crippen molar-refractivity contribution < 1.29 is 27.9 Å². The molecule has 3 saturated heterocycles. The van der Waals surface area contributed by atoms with Crippen molar-refractivity contribution in [3.05, 3.63) is 76.1 Å². The number of carbonyl (C=O) groups excluding carboxylic acids is 3. The van der Waals surface area contributed by atoms with Crippen LogP contribution in [-0.2, 0) is 23.2 Å². The summed E-state index contributed by atoms with van der Waals surface area (Å²) in [4.78, 5) is 54.4. The van der Waals surface area contributed by atoms with Crippen molar-refractivity contribution in [3.63, 3.8) is 0 Å². The molecule has 1 aliphatic carbocycles. The number of piperazine rings is 1. The summed E-state index contributed by atoms with van der Waals surface area (Å²) >= 11 is 6.53. The second-order valence-electron chi connectivity index (χ2n) is 17.6. The molecule has 14 nitrogen and oxygen atoms in total. The van der Waals surface area contributed by atoms with E-state index in [1.54, 1.807) is 16.8 Å². The van der Waals surface area contributed by atoms with Crippen LogP contribution in [0.3, 0.4) is 0 Å². The quantitative estimate of drug-likeness (QED) is 0.153. The number of piperidine rings is 2. The van der Waals surface area contributed by atoms with Gasteiger partial charge >= 0.3 is 0 Å². The van der Waals surface area contributed by atoms with E-state index in [1.807, 2.05) is 24.9 Å². The number of anilines is 3. The SMILES string of the molecule is Cc1nn(C)c2c1-c1cc(cc(Cl)n1)C(=O)Nc1nc3ccc(N4CCN(C5CCN(c6cc(F)c([C@H]7CCC(=O)NC7=O)c(F)c6)CC5)CC4)cc3n1C[C@@H]1CC[C@H](CO2)C1. The number of fused-ring (bicyclic) bond motifs is 9. The van der Waals surface area contributed by atoms with E-state index in [0.717, 1.165) is 86.3 Å². The van der Waals surface area contributed by atoms with Gasteiger partial charge in [-0.05, 0) is 99.7 Å². The highest BCUT2D eigenvalue weighted by molar-refractivity contribution is 6.30. The highest BCUT2D eigenvalue weighted by Crippen LogP contribution is 2.39. The smallest absolute Gasteiger partial charge is 0.258 e. The number of aryl methyl sites for hydroxylation is 2.